The van der Waals surface area contributed by atoms with Crippen molar-refractivity contribution in [2.45, 2.75) is 32.9 Å². The summed E-state index contributed by atoms with van der Waals surface area (Å²) in [7, 11) is 0. The van der Waals surface area contributed by atoms with Crippen LogP contribution in [0.5, 0.6) is 5.75 Å². The number of nitrogens with zero attached hydrogens (tertiary/aromatic N) is 1. The van der Waals surface area contributed by atoms with E-state index in [1.54, 1.807) is 6.08 Å². The molecule has 1 aliphatic rings. The fourth-order valence-electron chi connectivity index (χ4n) is 2.56. The van der Waals surface area contributed by atoms with Crippen molar-refractivity contribution in [3.05, 3.63) is 68.1 Å². The summed E-state index contributed by atoms with van der Waals surface area (Å²) in [5, 5.41) is -0.245. The summed E-state index contributed by atoms with van der Waals surface area (Å²) < 4.78 is 7.05. The average Bonchev–Trinajstić information content (AvgIpc) is 2.92. The van der Waals surface area contributed by atoms with Crippen molar-refractivity contribution in [1.29, 1.82) is 0 Å². The number of ether oxygens (including phenoxy) is 1. The molecule has 27 heavy (non-hydrogen) atoms. The Kier molecular flexibility index (Phi) is 6.59. The summed E-state index contributed by atoms with van der Waals surface area (Å²) in [6, 6.07) is 15.4. The van der Waals surface area contributed by atoms with E-state index in [-0.39, 0.29) is 23.8 Å². The van der Waals surface area contributed by atoms with Crippen molar-refractivity contribution < 1.29 is 14.3 Å². The molecule has 2 amide bonds. The van der Waals surface area contributed by atoms with Crippen LogP contribution in [0.1, 0.15) is 31.4 Å². The van der Waals surface area contributed by atoms with Crippen LogP contribution in [0.3, 0.4) is 0 Å². The van der Waals surface area contributed by atoms with E-state index < -0.39 is 0 Å². The molecule has 0 N–H and O–H groups in total. The number of benzene rings is 2. The maximum absolute atomic E-state index is 12.8. The highest BCUT2D eigenvalue weighted by Crippen LogP contribution is 2.35. The second-order valence-corrected chi connectivity index (χ2v) is 8.51. The van der Waals surface area contributed by atoms with Crippen LogP contribution in [-0.4, -0.2) is 22.2 Å². The lowest BCUT2D eigenvalue weighted by atomic mass is 10.1. The predicted molar refractivity (Wildman–Crippen MR) is 117 cm³/mol. The van der Waals surface area contributed by atoms with Crippen molar-refractivity contribution in [3.63, 3.8) is 0 Å². The van der Waals surface area contributed by atoms with Crippen LogP contribution < -0.4 is 4.74 Å². The van der Waals surface area contributed by atoms with E-state index >= 15 is 0 Å². The van der Waals surface area contributed by atoms with Gasteiger partial charge >= 0.3 is 0 Å². The lowest BCUT2D eigenvalue weighted by molar-refractivity contribution is -0.123. The summed E-state index contributed by atoms with van der Waals surface area (Å²) in [6.45, 7) is 4.35. The topological polar surface area (TPSA) is 46.6 Å². The standard InChI is InChI=1S/C21H20INO3S/c1-3-14(2)26-18-7-5-4-6-16(18)12-19-20(24)23(21(25)27-19)13-15-8-10-17(22)11-9-15/h4-12,14H,3,13H2,1-2H3/b19-12-. The van der Waals surface area contributed by atoms with Gasteiger partial charge in [0.1, 0.15) is 5.75 Å². The Bertz CT molecular complexity index is 879. The Morgan fingerprint density at radius 1 is 1.15 bits per heavy atom. The van der Waals surface area contributed by atoms with E-state index in [1.807, 2.05) is 55.5 Å². The normalized spacial score (nSPS) is 16.9. The van der Waals surface area contributed by atoms with Gasteiger partial charge in [0.05, 0.1) is 17.6 Å². The maximum atomic E-state index is 12.8. The van der Waals surface area contributed by atoms with Crippen LogP contribution in [0.25, 0.3) is 6.08 Å². The van der Waals surface area contributed by atoms with E-state index in [9.17, 15) is 9.59 Å². The molecule has 0 aromatic heterocycles. The van der Waals surface area contributed by atoms with Gasteiger partial charge in [-0.2, -0.15) is 0 Å². The molecule has 1 fully saturated rings. The van der Waals surface area contributed by atoms with E-state index in [0.29, 0.717) is 4.91 Å². The Morgan fingerprint density at radius 2 is 1.85 bits per heavy atom. The van der Waals surface area contributed by atoms with Crippen LogP contribution in [0.4, 0.5) is 4.79 Å². The quantitative estimate of drug-likeness (QED) is 0.383. The molecular weight excluding hydrogens is 473 g/mol. The molecule has 1 heterocycles. The fourth-order valence-corrected chi connectivity index (χ4v) is 3.75. The number of carbonyl (C=O) groups is 2. The van der Waals surface area contributed by atoms with Gasteiger partial charge in [-0.25, -0.2) is 0 Å². The lowest BCUT2D eigenvalue weighted by Gasteiger charge is -2.15. The molecule has 1 aliphatic heterocycles. The molecule has 2 aromatic rings. The van der Waals surface area contributed by atoms with Crippen LogP contribution in [-0.2, 0) is 11.3 Å². The smallest absolute Gasteiger partial charge is 0.293 e. The molecule has 6 heteroatoms. The lowest BCUT2D eigenvalue weighted by Crippen LogP contribution is -2.27. The van der Waals surface area contributed by atoms with Gasteiger partial charge in [0.15, 0.2) is 0 Å². The van der Waals surface area contributed by atoms with Gasteiger partial charge in [-0.15, -0.1) is 0 Å². The number of halogens is 1. The van der Waals surface area contributed by atoms with Crippen molar-refractivity contribution in [3.8, 4) is 5.75 Å². The molecular formula is C21H20INO3S. The maximum Gasteiger partial charge on any atom is 0.293 e. The zero-order valence-electron chi connectivity index (χ0n) is 15.1. The van der Waals surface area contributed by atoms with Crippen molar-refractivity contribution >= 4 is 51.6 Å². The van der Waals surface area contributed by atoms with Crippen molar-refractivity contribution in [2.75, 3.05) is 0 Å². The minimum absolute atomic E-state index is 0.0792. The predicted octanol–water partition coefficient (Wildman–Crippen LogP) is 5.71. The van der Waals surface area contributed by atoms with E-state index in [2.05, 4.69) is 29.5 Å². The third-order valence-electron chi connectivity index (χ3n) is 4.24. The summed E-state index contributed by atoms with van der Waals surface area (Å²) >= 11 is 3.20. The van der Waals surface area contributed by atoms with E-state index in [1.165, 1.54) is 4.90 Å². The SMILES string of the molecule is CCC(C)Oc1ccccc1/C=C1\SC(=O)N(Cc2ccc(I)cc2)C1=O. The highest BCUT2D eigenvalue weighted by molar-refractivity contribution is 14.1. The Morgan fingerprint density at radius 3 is 2.56 bits per heavy atom. The fraction of sp³-hybridized carbons (Fsp3) is 0.238. The van der Waals surface area contributed by atoms with Gasteiger partial charge in [-0.05, 0) is 77.5 Å². The van der Waals surface area contributed by atoms with Crippen LogP contribution >= 0.6 is 34.4 Å². The molecule has 0 saturated carbocycles. The monoisotopic (exact) mass is 493 g/mol. The molecule has 0 bridgehead atoms. The summed E-state index contributed by atoms with van der Waals surface area (Å²) in [4.78, 5) is 26.8. The van der Waals surface area contributed by atoms with Crippen LogP contribution in [0.2, 0.25) is 0 Å². The number of hydrogen-bond donors (Lipinski definition) is 0. The summed E-state index contributed by atoms with van der Waals surface area (Å²) in [6.07, 6.45) is 2.72. The first-order valence-corrected chi connectivity index (χ1v) is 10.6. The first-order valence-electron chi connectivity index (χ1n) is 8.73. The highest BCUT2D eigenvalue weighted by Gasteiger charge is 2.35. The Hall–Kier alpha value is -1.80. The molecule has 1 saturated heterocycles. The minimum atomic E-state index is -0.262. The summed E-state index contributed by atoms with van der Waals surface area (Å²) in [5.41, 5.74) is 1.73. The van der Waals surface area contributed by atoms with Gasteiger partial charge in [-0.3, -0.25) is 14.5 Å². The number of thioether (sulfide) groups is 1. The van der Waals surface area contributed by atoms with Gasteiger partial charge in [-0.1, -0.05) is 37.3 Å². The van der Waals surface area contributed by atoms with E-state index in [4.69, 9.17) is 4.74 Å². The Labute approximate surface area is 177 Å². The van der Waals surface area contributed by atoms with Gasteiger partial charge in [0, 0.05) is 9.13 Å². The molecule has 0 radical (unpaired) electrons. The van der Waals surface area contributed by atoms with Crippen LogP contribution in [0, 0.1) is 3.57 Å². The zero-order valence-corrected chi connectivity index (χ0v) is 18.1. The van der Waals surface area contributed by atoms with Crippen LogP contribution in [0.15, 0.2) is 53.4 Å². The number of amides is 2. The number of para-hydroxylation sites is 1. The number of imide groups is 1. The molecule has 0 spiro atoms. The highest BCUT2D eigenvalue weighted by atomic mass is 127. The average molecular weight is 493 g/mol. The molecule has 140 valence electrons. The second kappa shape index (κ2) is 8.93. The van der Waals surface area contributed by atoms with Crippen molar-refractivity contribution in [1.82, 2.24) is 4.90 Å². The largest absolute Gasteiger partial charge is 0.490 e. The van der Waals surface area contributed by atoms with Crippen molar-refractivity contribution in [2.24, 2.45) is 0 Å². The number of hydrogen-bond acceptors (Lipinski definition) is 4. The first-order chi connectivity index (χ1) is 13.0. The third kappa shape index (κ3) is 4.93. The number of rotatable bonds is 6. The molecule has 1 unspecified atom stereocenters. The van der Waals surface area contributed by atoms with E-state index in [0.717, 1.165) is 38.6 Å². The first kappa shape index (κ1) is 19.9. The van der Waals surface area contributed by atoms with Gasteiger partial charge < -0.3 is 4.74 Å². The molecule has 3 rings (SSSR count). The minimum Gasteiger partial charge on any atom is -0.490 e. The van der Waals surface area contributed by atoms with Gasteiger partial charge in [0.25, 0.3) is 11.1 Å². The third-order valence-corrected chi connectivity index (χ3v) is 5.86. The zero-order chi connectivity index (χ0) is 19.4. The second-order valence-electron chi connectivity index (χ2n) is 6.27. The summed E-state index contributed by atoms with van der Waals surface area (Å²) in [5.74, 6) is 0.457. The molecule has 2 aromatic carbocycles. The molecule has 4 nitrogen and oxygen atoms in total. The molecule has 1 atom stereocenters. The Balaban J connectivity index is 1.81. The van der Waals surface area contributed by atoms with Gasteiger partial charge in [0.2, 0.25) is 0 Å². The number of carbonyl (C=O) groups excluding carboxylic acids is 2. The molecule has 0 aliphatic carbocycles.